The summed E-state index contributed by atoms with van der Waals surface area (Å²) in [5, 5.41) is 0. The van der Waals surface area contributed by atoms with Crippen molar-refractivity contribution < 1.29 is 23.8 Å². The van der Waals surface area contributed by atoms with E-state index >= 15 is 0 Å². The van der Waals surface area contributed by atoms with E-state index in [9.17, 15) is 9.59 Å². The van der Waals surface area contributed by atoms with Gasteiger partial charge in [0.15, 0.2) is 0 Å². The lowest BCUT2D eigenvalue weighted by atomic mass is 10.1. The zero-order chi connectivity index (χ0) is 15.8. The summed E-state index contributed by atoms with van der Waals surface area (Å²) in [4.78, 5) is 22.5. The van der Waals surface area contributed by atoms with E-state index in [1.54, 1.807) is 7.11 Å². The number of carbonyl (C=O) groups is 2. The lowest BCUT2D eigenvalue weighted by Gasteiger charge is -2.04. The first-order valence-electron chi connectivity index (χ1n) is 8.00. The van der Waals surface area contributed by atoms with Crippen molar-refractivity contribution in [1.29, 1.82) is 0 Å². The number of esters is 2. The standard InChI is InChI=1S/C16H30O5/c1-3-12-20-15(17)10-8-6-4-5-7-9-11-16(18)21-14-13-19-2/h3-14H2,1-2H3. The quantitative estimate of drug-likeness (QED) is 0.364. The summed E-state index contributed by atoms with van der Waals surface area (Å²) in [6.07, 6.45) is 7.89. The van der Waals surface area contributed by atoms with E-state index in [2.05, 4.69) is 0 Å². The number of unbranched alkanes of at least 4 members (excludes halogenated alkanes) is 5. The molecule has 0 saturated heterocycles. The zero-order valence-electron chi connectivity index (χ0n) is 13.5. The molecule has 0 bridgehead atoms. The lowest BCUT2D eigenvalue weighted by Crippen LogP contribution is -2.09. The minimum absolute atomic E-state index is 0.0874. The van der Waals surface area contributed by atoms with E-state index in [1.807, 2.05) is 6.92 Å². The van der Waals surface area contributed by atoms with Gasteiger partial charge in [0.25, 0.3) is 0 Å². The summed E-state index contributed by atoms with van der Waals surface area (Å²) in [5.74, 6) is -0.235. The Bertz CT molecular complexity index is 265. The smallest absolute Gasteiger partial charge is 0.305 e. The van der Waals surface area contributed by atoms with Crippen LogP contribution in [0.25, 0.3) is 0 Å². The van der Waals surface area contributed by atoms with Crippen LogP contribution in [0.4, 0.5) is 0 Å². The molecule has 0 heterocycles. The van der Waals surface area contributed by atoms with Gasteiger partial charge in [-0.2, -0.15) is 0 Å². The molecule has 5 heteroatoms. The second-order valence-electron chi connectivity index (χ2n) is 5.06. The monoisotopic (exact) mass is 302 g/mol. The maximum atomic E-state index is 11.3. The van der Waals surface area contributed by atoms with Gasteiger partial charge >= 0.3 is 11.9 Å². The zero-order valence-corrected chi connectivity index (χ0v) is 13.5. The largest absolute Gasteiger partial charge is 0.466 e. The number of carbonyl (C=O) groups excluding carboxylic acids is 2. The molecule has 0 N–H and O–H groups in total. The van der Waals surface area contributed by atoms with Crippen molar-refractivity contribution in [3.8, 4) is 0 Å². The van der Waals surface area contributed by atoms with Crippen LogP contribution >= 0.6 is 0 Å². The molecule has 0 aliphatic heterocycles. The number of hydrogen-bond acceptors (Lipinski definition) is 5. The summed E-state index contributed by atoms with van der Waals surface area (Å²) in [7, 11) is 1.58. The fourth-order valence-electron chi connectivity index (χ4n) is 1.84. The summed E-state index contributed by atoms with van der Waals surface area (Å²) < 4.78 is 14.8. The number of rotatable bonds is 14. The molecule has 124 valence electrons. The molecular weight excluding hydrogens is 272 g/mol. The van der Waals surface area contributed by atoms with Crippen molar-refractivity contribution in [3.05, 3.63) is 0 Å². The Labute approximate surface area is 128 Å². The molecule has 0 atom stereocenters. The normalized spacial score (nSPS) is 10.4. The van der Waals surface area contributed by atoms with Crippen LogP contribution < -0.4 is 0 Å². The van der Waals surface area contributed by atoms with Gasteiger partial charge in [0.05, 0.1) is 13.2 Å². The fourth-order valence-corrected chi connectivity index (χ4v) is 1.84. The van der Waals surface area contributed by atoms with Gasteiger partial charge in [-0.05, 0) is 19.3 Å². The van der Waals surface area contributed by atoms with E-state index in [1.165, 1.54) is 0 Å². The van der Waals surface area contributed by atoms with E-state index in [4.69, 9.17) is 14.2 Å². The molecule has 0 fully saturated rings. The highest BCUT2D eigenvalue weighted by Crippen LogP contribution is 2.09. The van der Waals surface area contributed by atoms with Gasteiger partial charge in [-0.3, -0.25) is 9.59 Å². The van der Waals surface area contributed by atoms with E-state index < -0.39 is 0 Å². The van der Waals surface area contributed by atoms with E-state index in [-0.39, 0.29) is 11.9 Å². The summed E-state index contributed by atoms with van der Waals surface area (Å²) in [6.45, 7) is 3.30. The first kappa shape index (κ1) is 19.9. The van der Waals surface area contributed by atoms with Crippen LogP contribution in [0.2, 0.25) is 0 Å². The van der Waals surface area contributed by atoms with Gasteiger partial charge in [0.2, 0.25) is 0 Å². The molecule has 0 unspecified atom stereocenters. The van der Waals surface area contributed by atoms with Gasteiger partial charge in [0.1, 0.15) is 6.61 Å². The van der Waals surface area contributed by atoms with Crippen LogP contribution in [0.1, 0.15) is 64.7 Å². The second kappa shape index (κ2) is 15.3. The molecule has 0 aromatic rings. The Balaban J connectivity index is 3.21. The summed E-state index contributed by atoms with van der Waals surface area (Å²) >= 11 is 0. The summed E-state index contributed by atoms with van der Waals surface area (Å²) in [6, 6.07) is 0. The molecule has 0 radical (unpaired) electrons. The molecule has 0 amide bonds. The topological polar surface area (TPSA) is 61.8 Å². The average Bonchev–Trinajstić information content (AvgIpc) is 2.48. The molecule has 0 spiro atoms. The van der Waals surface area contributed by atoms with Gasteiger partial charge in [-0.25, -0.2) is 0 Å². The van der Waals surface area contributed by atoms with Crippen LogP contribution in [-0.4, -0.2) is 38.9 Å². The number of methoxy groups -OCH3 is 1. The van der Waals surface area contributed by atoms with Crippen LogP contribution in [-0.2, 0) is 23.8 Å². The Morgan fingerprint density at radius 1 is 0.714 bits per heavy atom. The number of ether oxygens (including phenoxy) is 3. The van der Waals surface area contributed by atoms with Gasteiger partial charge < -0.3 is 14.2 Å². The first-order chi connectivity index (χ1) is 10.2. The highest BCUT2D eigenvalue weighted by molar-refractivity contribution is 5.69. The predicted octanol–water partition coefficient (Wildman–Crippen LogP) is 3.25. The minimum Gasteiger partial charge on any atom is -0.466 e. The maximum absolute atomic E-state index is 11.3. The number of hydrogen-bond donors (Lipinski definition) is 0. The van der Waals surface area contributed by atoms with Gasteiger partial charge in [0, 0.05) is 20.0 Å². The van der Waals surface area contributed by atoms with Crippen molar-refractivity contribution in [2.24, 2.45) is 0 Å². The Morgan fingerprint density at radius 3 is 1.67 bits per heavy atom. The van der Waals surface area contributed by atoms with E-state index in [0.717, 1.165) is 44.9 Å². The SMILES string of the molecule is CCCOC(=O)CCCCCCCCC(=O)OCCOC. The predicted molar refractivity (Wildman–Crippen MR) is 81.0 cm³/mol. The maximum Gasteiger partial charge on any atom is 0.305 e. The van der Waals surface area contributed by atoms with Crippen molar-refractivity contribution in [3.63, 3.8) is 0 Å². The molecule has 0 rings (SSSR count). The Kier molecular flexibility index (Phi) is 14.5. The highest BCUT2D eigenvalue weighted by Gasteiger charge is 2.03. The third-order valence-electron chi connectivity index (χ3n) is 3.03. The third-order valence-corrected chi connectivity index (χ3v) is 3.03. The van der Waals surface area contributed by atoms with Crippen molar-refractivity contribution in [1.82, 2.24) is 0 Å². The van der Waals surface area contributed by atoms with Gasteiger partial charge in [-0.1, -0.05) is 32.6 Å². The first-order valence-corrected chi connectivity index (χ1v) is 8.00. The Hall–Kier alpha value is -1.10. The third kappa shape index (κ3) is 15.1. The molecule has 5 nitrogen and oxygen atoms in total. The summed E-state index contributed by atoms with van der Waals surface area (Å²) in [5.41, 5.74) is 0. The lowest BCUT2D eigenvalue weighted by molar-refractivity contribution is -0.145. The molecule has 0 aromatic heterocycles. The average molecular weight is 302 g/mol. The van der Waals surface area contributed by atoms with Crippen LogP contribution in [0, 0.1) is 0 Å². The van der Waals surface area contributed by atoms with Crippen molar-refractivity contribution in [2.45, 2.75) is 64.7 Å². The van der Waals surface area contributed by atoms with Crippen LogP contribution in [0.15, 0.2) is 0 Å². The second-order valence-corrected chi connectivity index (χ2v) is 5.06. The molecule has 21 heavy (non-hydrogen) atoms. The van der Waals surface area contributed by atoms with Crippen LogP contribution in [0.3, 0.4) is 0 Å². The minimum atomic E-state index is -0.147. The molecule has 0 aliphatic carbocycles. The molecule has 0 aliphatic rings. The fraction of sp³-hybridized carbons (Fsp3) is 0.875. The van der Waals surface area contributed by atoms with Gasteiger partial charge in [-0.15, -0.1) is 0 Å². The van der Waals surface area contributed by atoms with E-state index in [0.29, 0.717) is 32.7 Å². The molecular formula is C16H30O5. The Morgan fingerprint density at radius 2 is 1.19 bits per heavy atom. The molecule has 0 saturated carbocycles. The van der Waals surface area contributed by atoms with Crippen LogP contribution in [0.5, 0.6) is 0 Å². The highest BCUT2D eigenvalue weighted by atomic mass is 16.6. The molecule has 0 aromatic carbocycles. The van der Waals surface area contributed by atoms with Crippen molar-refractivity contribution >= 4 is 11.9 Å². The van der Waals surface area contributed by atoms with Crippen molar-refractivity contribution in [2.75, 3.05) is 26.9 Å².